The lowest BCUT2D eigenvalue weighted by Gasteiger charge is -2.13. The Kier molecular flexibility index (Phi) is 5.55. The maximum atomic E-state index is 10.5. The number of hydrogen-bond acceptors (Lipinski definition) is 5. The lowest BCUT2D eigenvalue weighted by atomic mass is 10.1. The summed E-state index contributed by atoms with van der Waals surface area (Å²) in [4.78, 5) is 0. The number of benzene rings is 2. The highest BCUT2D eigenvalue weighted by molar-refractivity contribution is 5.60. The molecule has 1 heterocycles. The predicted molar refractivity (Wildman–Crippen MR) is 98.1 cm³/mol. The first kappa shape index (κ1) is 18.0. The third kappa shape index (κ3) is 3.87. The summed E-state index contributed by atoms with van der Waals surface area (Å²) in [5.41, 5.74) is 3.05. The topological polar surface area (TPSA) is 76.7 Å². The molecule has 0 spiro atoms. The summed E-state index contributed by atoms with van der Waals surface area (Å²) in [6.07, 6.45) is -0.741. The van der Waals surface area contributed by atoms with E-state index in [4.69, 9.17) is 9.47 Å². The first-order valence-electron chi connectivity index (χ1n) is 8.28. The number of ether oxygens (including phenoxy) is 2. The number of aromatic nitrogens is 2. The monoisotopic (exact) mass is 354 g/mol. The van der Waals surface area contributed by atoms with Gasteiger partial charge in [-0.1, -0.05) is 12.1 Å². The molecule has 2 N–H and O–H groups in total. The van der Waals surface area contributed by atoms with E-state index < -0.39 is 6.10 Å². The van der Waals surface area contributed by atoms with Crippen LogP contribution in [0.25, 0.3) is 11.3 Å². The van der Waals surface area contributed by atoms with Crippen molar-refractivity contribution in [2.75, 3.05) is 14.2 Å². The molecule has 3 aromatic rings. The standard InChI is InChI=1S/C20H22N2O4/c1-25-17-7-3-14(4-8-17)19-11-16(13-23)22(21-19)12-20(24)15-5-9-18(26-2)10-6-15/h3-11,20,23-24H,12-13H2,1-2H3. The van der Waals surface area contributed by atoms with Gasteiger partial charge in [-0.05, 0) is 48.0 Å². The van der Waals surface area contributed by atoms with Gasteiger partial charge in [-0.3, -0.25) is 4.68 Å². The van der Waals surface area contributed by atoms with Gasteiger partial charge in [-0.15, -0.1) is 0 Å². The molecule has 0 radical (unpaired) electrons. The molecule has 0 bridgehead atoms. The first-order valence-corrected chi connectivity index (χ1v) is 8.28. The van der Waals surface area contributed by atoms with E-state index in [1.807, 2.05) is 42.5 Å². The minimum absolute atomic E-state index is 0.154. The average molecular weight is 354 g/mol. The van der Waals surface area contributed by atoms with E-state index in [-0.39, 0.29) is 13.2 Å². The summed E-state index contributed by atoms with van der Waals surface area (Å²) in [7, 11) is 3.22. The molecule has 6 nitrogen and oxygen atoms in total. The van der Waals surface area contributed by atoms with E-state index in [1.165, 1.54) is 0 Å². The highest BCUT2D eigenvalue weighted by Crippen LogP contribution is 2.24. The van der Waals surface area contributed by atoms with E-state index in [9.17, 15) is 10.2 Å². The summed E-state index contributed by atoms with van der Waals surface area (Å²) in [5, 5.41) is 24.7. The van der Waals surface area contributed by atoms with Gasteiger partial charge in [0.2, 0.25) is 0 Å². The van der Waals surface area contributed by atoms with E-state index in [0.29, 0.717) is 5.69 Å². The second-order valence-electron chi connectivity index (χ2n) is 5.88. The predicted octanol–water partition coefficient (Wildman–Crippen LogP) is 2.79. The van der Waals surface area contributed by atoms with E-state index in [1.54, 1.807) is 31.0 Å². The van der Waals surface area contributed by atoms with Crippen LogP contribution in [0.5, 0.6) is 11.5 Å². The van der Waals surface area contributed by atoms with Crippen LogP contribution < -0.4 is 9.47 Å². The molecule has 0 aliphatic carbocycles. The normalized spacial score (nSPS) is 12.0. The van der Waals surface area contributed by atoms with E-state index in [2.05, 4.69) is 5.10 Å². The minimum Gasteiger partial charge on any atom is -0.497 e. The molecular weight excluding hydrogens is 332 g/mol. The molecule has 136 valence electrons. The van der Waals surface area contributed by atoms with Gasteiger partial charge in [0.25, 0.3) is 0 Å². The largest absolute Gasteiger partial charge is 0.497 e. The Morgan fingerprint density at radius 2 is 1.54 bits per heavy atom. The third-order valence-electron chi connectivity index (χ3n) is 4.26. The number of hydrogen-bond donors (Lipinski definition) is 2. The lowest BCUT2D eigenvalue weighted by Crippen LogP contribution is -2.12. The molecule has 0 aliphatic heterocycles. The van der Waals surface area contributed by atoms with Crippen molar-refractivity contribution in [2.45, 2.75) is 19.3 Å². The summed E-state index contributed by atoms with van der Waals surface area (Å²) < 4.78 is 11.9. The quantitative estimate of drug-likeness (QED) is 0.682. The van der Waals surface area contributed by atoms with Crippen LogP contribution in [0.15, 0.2) is 54.6 Å². The Labute approximate surface area is 152 Å². The van der Waals surface area contributed by atoms with Gasteiger partial charge in [0.1, 0.15) is 11.5 Å². The van der Waals surface area contributed by atoms with Gasteiger partial charge in [0.05, 0.1) is 44.9 Å². The number of aliphatic hydroxyl groups excluding tert-OH is 2. The van der Waals surface area contributed by atoms with Gasteiger partial charge in [0, 0.05) is 5.56 Å². The highest BCUT2D eigenvalue weighted by Gasteiger charge is 2.14. The number of nitrogens with zero attached hydrogens (tertiary/aromatic N) is 2. The van der Waals surface area contributed by atoms with Crippen LogP contribution in [0.1, 0.15) is 17.4 Å². The van der Waals surface area contributed by atoms with Gasteiger partial charge < -0.3 is 19.7 Å². The molecule has 2 aromatic carbocycles. The Bertz CT molecular complexity index is 841. The fourth-order valence-corrected chi connectivity index (χ4v) is 2.74. The summed E-state index contributed by atoms with van der Waals surface area (Å²) in [6.45, 7) is 0.0941. The lowest BCUT2D eigenvalue weighted by molar-refractivity contribution is 0.147. The SMILES string of the molecule is COc1ccc(-c2cc(CO)n(CC(O)c3ccc(OC)cc3)n2)cc1. The molecule has 0 aliphatic rings. The van der Waals surface area contributed by atoms with Crippen LogP contribution >= 0.6 is 0 Å². The molecule has 3 rings (SSSR count). The molecule has 26 heavy (non-hydrogen) atoms. The Balaban J connectivity index is 1.81. The summed E-state index contributed by atoms with van der Waals surface area (Å²) in [6, 6.07) is 16.6. The van der Waals surface area contributed by atoms with Crippen molar-refractivity contribution in [1.82, 2.24) is 9.78 Å². The molecular formula is C20H22N2O4. The molecule has 0 amide bonds. The second kappa shape index (κ2) is 8.03. The van der Waals surface area contributed by atoms with Gasteiger partial charge in [0.15, 0.2) is 0 Å². The van der Waals surface area contributed by atoms with Gasteiger partial charge in [-0.25, -0.2) is 0 Å². The fourth-order valence-electron chi connectivity index (χ4n) is 2.74. The Morgan fingerprint density at radius 1 is 0.962 bits per heavy atom. The number of methoxy groups -OCH3 is 2. The van der Waals surface area contributed by atoms with Crippen molar-refractivity contribution in [1.29, 1.82) is 0 Å². The Morgan fingerprint density at radius 3 is 2.08 bits per heavy atom. The van der Waals surface area contributed by atoms with Crippen molar-refractivity contribution in [3.63, 3.8) is 0 Å². The highest BCUT2D eigenvalue weighted by atomic mass is 16.5. The van der Waals surface area contributed by atoms with Crippen molar-refractivity contribution in [3.8, 4) is 22.8 Å². The van der Waals surface area contributed by atoms with Crippen LogP contribution in [0.3, 0.4) is 0 Å². The van der Waals surface area contributed by atoms with Crippen molar-refractivity contribution >= 4 is 0 Å². The van der Waals surface area contributed by atoms with E-state index in [0.717, 1.165) is 28.3 Å². The molecule has 1 unspecified atom stereocenters. The second-order valence-corrected chi connectivity index (χ2v) is 5.88. The van der Waals surface area contributed by atoms with E-state index >= 15 is 0 Å². The Hall–Kier alpha value is -2.83. The zero-order chi connectivity index (χ0) is 18.5. The first-order chi connectivity index (χ1) is 12.6. The minimum atomic E-state index is -0.741. The van der Waals surface area contributed by atoms with Gasteiger partial charge in [-0.2, -0.15) is 5.10 Å². The van der Waals surface area contributed by atoms with Crippen molar-refractivity contribution in [2.24, 2.45) is 0 Å². The third-order valence-corrected chi connectivity index (χ3v) is 4.26. The number of aliphatic hydroxyl groups is 2. The van der Waals surface area contributed by atoms with Crippen LogP contribution in [0, 0.1) is 0 Å². The fraction of sp³-hybridized carbons (Fsp3) is 0.250. The molecule has 1 aromatic heterocycles. The molecule has 6 heteroatoms. The molecule has 1 atom stereocenters. The summed E-state index contributed by atoms with van der Waals surface area (Å²) in [5.74, 6) is 1.50. The van der Waals surface area contributed by atoms with Crippen molar-refractivity contribution < 1.29 is 19.7 Å². The molecule has 0 fully saturated rings. The smallest absolute Gasteiger partial charge is 0.118 e. The van der Waals surface area contributed by atoms with Crippen LogP contribution in [-0.4, -0.2) is 34.2 Å². The number of rotatable bonds is 7. The zero-order valence-corrected chi connectivity index (χ0v) is 14.8. The molecule has 0 saturated heterocycles. The maximum Gasteiger partial charge on any atom is 0.118 e. The van der Waals surface area contributed by atoms with Crippen LogP contribution in [-0.2, 0) is 13.2 Å². The summed E-state index contributed by atoms with van der Waals surface area (Å²) >= 11 is 0. The van der Waals surface area contributed by atoms with Crippen LogP contribution in [0.4, 0.5) is 0 Å². The maximum absolute atomic E-state index is 10.5. The van der Waals surface area contributed by atoms with Gasteiger partial charge >= 0.3 is 0 Å². The molecule has 0 saturated carbocycles. The van der Waals surface area contributed by atoms with Crippen molar-refractivity contribution in [3.05, 3.63) is 65.9 Å². The average Bonchev–Trinajstić information content (AvgIpc) is 3.10. The van der Waals surface area contributed by atoms with Crippen LogP contribution in [0.2, 0.25) is 0 Å². The zero-order valence-electron chi connectivity index (χ0n) is 14.8.